The molecule has 2 aromatic carbocycles. The Hall–Kier alpha value is -2.79. The fourth-order valence-corrected chi connectivity index (χ4v) is 3.45. The first-order valence-electron chi connectivity index (χ1n) is 8.42. The van der Waals surface area contributed by atoms with Crippen LogP contribution in [0, 0.1) is 0 Å². The van der Waals surface area contributed by atoms with E-state index in [0.717, 1.165) is 30.3 Å². The number of halogens is 1. The van der Waals surface area contributed by atoms with Crippen molar-refractivity contribution in [3.05, 3.63) is 77.2 Å². The van der Waals surface area contributed by atoms with E-state index < -0.39 is 0 Å². The number of aromatic nitrogens is 2. The van der Waals surface area contributed by atoms with Crippen molar-refractivity contribution in [1.29, 1.82) is 0 Å². The number of anilines is 2. The maximum Gasteiger partial charge on any atom is 0.159 e. The van der Waals surface area contributed by atoms with Gasteiger partial charge >= 0.3 is 0 Å². The largest absolute Gasteiger partial charge is 0.497 e. The molecule has 3 aromatic rings. The number of nitrogens with zero attached hydrogens (tertiary/aromatic N) is 4. The quantitative estimate of drug-likeness (QED) is 0.635. The molecule has 1 aromatic heterocycles. The van der Waals surface area contributed by atoms with E-state index in [-0.39, 0.29) is 0 Å². The van der Waals surface area contributed by atoms with Crippen LogP contribution in [0.25, 0.3) is 0 Å². The molecular formula is C20H19ClN4O. The number of hydrogen-bond acceptors (Lipinski definition) is 5. The highest BCUT2D eigenvalue weighted by molar-refractivity contribution is 6.32. The monoisotopic (exact) mass is 366 g/mol. The predicted molar refractivity (Wildman–Crippen MR) is 104 cm³/mol. The Kier molecular flexibility index (Phi) is 4.63. The zero-order valence-electron chi connectivity index (χ0n) is 14.5. The van der Waals surface area contributed by atoms with Gasteiger partial charge in [-0.05, 0) is 23.3 Å². The molecule has 0 saturated carbocycles. The lowest BCUT2D eigenvalue weighted by Crippen LogP contribution is -2.30. The molecular weight excluding hydrogens is 348 g/mol. The molecule has 0 N–H and O–H groups in total. The number of rotatable bonds is 5. The molecule has 0 fully saturated rings. The molecule has 0 amide bonds. The van der Waals surface area contributed by atoms with Gasteiger partial charge in [0, 0.05) is 13.1 Å². The third-order valence-electron chi connectivity index (χ3n) is 4.46. The number of hydrogen-bond donors (Lipinski definition) is 0. The molecule has 4 rings (SSSR count). The van der Waals surface area contributed by atoms with E-state index in [4.69, 9.17) is 16.3 Å². The minimum atomic E-state index is 0.485. The first-order valence-corrected chi connectivity index (χ1v) is 8.79. The van der Waals surface area contributed by atoms with E-state index in [2.05, 4.69) is 44.0 Å². The molecule has 2 heterocycles. The third kappa shape index (κ3) is 3.30. The summed E-state index contributed by atoms with van der Waals surface area (Å²) in [6.07, 6.45) is 1.52. The van der Waals surface area contributed by atoms with Crippen molar-refractivity contribution < 1.29 is 4.74 Å². The summed E-state index contributed by atoms with van der Waals surface area (Å²) in [7, 11) is 1.67. The van der Waals surface area contributed by atoms with E-state index in [0.29, 0.717) is 11.8 Å². The molecule has 0 spiro atoms. The van der Waals surface area contributed by atoms with Crippen molar-refractivity contribution in [2.45, 2.75) is 13.1 Å². The van der Waals surface area contributed by atoms with Gasteiger partial charge in [-0.25, -0.2) is 9.97 Å². The van der Waals surface area contributed by atoms with Gasteiger partial charge in [0.15, 0.2) is 11.0 Å². The summed E-state index contributed by atoms with van der Waals surface area (Å²) in [5.41, 5.74) is 3.30. The first-order chi connectivity index (χ1) is 12.7. The minimum absolute atomic E-state index is 0.485. The van der Waals surface area contributed by atoms with Crippen molar-refractivity contribution >= 4 is 23.1 Å². The number of fused-ring (bicyclic) bond motifs is 1. The average Bonchev–Trinajstić information content (AvgIpc) is 3.02. The highest BCUT2D eigenvalue weighted by atomic mass is 35.5. The summed E-state index contributed by atoms with van der Waals surface area (Å²) in [5.74, 6) is 1.73. The molecule has 0 bridgehead atoms. The van der Waals surface area contributed by atoms with E-state index in [1.54, 1.807) is 7.11 Å². The Balaban J connectivity index is 1.60. The second-order valence-electron chi connectivity index (χ2n) is 6.21. The van der Waals surface area contributed by atoms with Gasteiger partial charge in [0.25, 0.3) is 0 Å². The summed E-state index contributed by atoms with van der Waals surface area (Å²) in [4.78, 5) is 13.1. The summed E-state index contributed by atoms with van der Waals surface area (Å²) in [6.45, 7) is 2.23. The Bertz CT molecular complexity index is 886. The van der Waals surface area contributed by atoms with Gasteiger partial charge in [-0.2, -0.15) is 0 Å². The van der Waals surface area contributed by atoms with Crippen molar-refractivity contribution in [2.75, 3.05) is 23.6 Å². The van der Waals surface area contributed by atoms with E-state index >= 15 is 0 Å². The SMILES string of the molecule is COc1ccc(CN2CN(Cc3ccccc3)c3ncnc(Cl)c32)cc1. The van der Waals surface area contributed by atoms with Crippen molar-refractivity contribution in [3.63, 3.8) is 0 Å². The molecule has 132 valence electrons. The van der Waals surface area contributed by atoms with Gasteiger partial charge in [-0.3, -0.25) is 0 Å². The Morgan fingerprint density at radius 1 is 0.923 bits per heavy atom. The van der Waals surface area contributed by atoms with Gasteiger partial charge in [0.05, 0.1) is 13.8 Å². The standard InChI is InChI=1S/C20H19ClN4O/c1-26-17-9-7-16(8-10-17)11-24-14-25(12-15-5-3-2-4-6-15)20-18(24)19(21)22-13-23-20/h2-10,13H,11-12,14H2,1H3. The average molecular weight is 367 g/mol. The molecule has 1 aliphatic rings. The summed E-state index contributed by atoms with van der Waals surface area (Å²) >= 11 is 6.41. The van der Waals surface area contributed by atoms with Gasteiger partial charge in [-0.1, -0.05) is 54.1 Å². The number of methoxy groups -OCH3 is 1. The van der Waals surface area contributed by atoms with Crippen molar-refractivity contribution in [2.24, 2.45) is 0 Å². The smallest absolute Gasteiger partial charge is 0.159 e. The van der Waals surface area contributed by atoms with Crippen molar-refractivity contribution in [1.82, 2.24) is 9.97 Å². The normalized spacial score (nSPS) is 13.0. The zero-order chi connectivity index (χ0) is 17.9. The Morgan fingerprint density at radius 2 is 1.62 bits per heavy atom. The first kappa shape index (κ1) is 16.7. The molecule has 0 saturated heterocycles. The second-order valence-corrected chi connectivity index (χ2v) is 6.57. The maximum atomic E-state index is 6.41. The van der Waals surface area contributed by atoms with Crippen LogP contribution in [0.15, 0.2) is 60.9 Å². The molecule has 0 atom stereocenters. The molecule has 0 unspecified atom stereocenters. The summed E-state index contributed by atoms with van der Waals surface area (Å²) in [6, 6.07) is 18.4. The topological polar surface area (TPSA) is 41.5 Å². The van der Waals surface area contributed by atoms with Crippen LogP contribution in [-0.2, 0) is 13.1 Å². The van der Waals surface area contributed by atoms with Gasteiger partial charge in [0.2, 0.25) is 0 Å². The fourth-order valence-electron chi connectivity index (χ4n) is 3.20. The fraction of sp³-hybridized carbons (Fsp3) is 0.200. The molecule has 0 radical (unpaired) electrons. The van der Waals surface area contributed by atoms with Crippen LogP contribution < -0.4 is 14.5 Å². The predicted octanol–water partition coefficient (Wildman–Crippen LogP) is 4.12. The highest BCUT2D eigenvalue weighted by Gasteiger charge is 2.30. The zero-order valence-corrected chi connectivity index (χ0v) is 15.2. The van der Waals surface area contributed by atoms with Crippen LogP contribution in [0.2, 0.25) is 5.15 Å². The maximum absolute atomic E-state index is 6.41. The van der Waals surface area contributed by atoms with Crippen LogP contribution in [0.4, 0.5) is 11.5 Å². The highest BCUT2D eigenvalue weighted by Crippen LogP contribution is 2.39. The Labute approximate surface area is 157 Å². The van der Waals surface area contributed by atoms with Crippen LogP contribution in [0.1, 0.15) is 11.1 Å². The van der Waals surface area contributed by atoms with Crippen LogP contribution in [0.3, 0.4) is 0 Å². The minimum Gasteiger partial charge on any atom is -0.497 e. The Morgan fingerprint density at radius 3 is 2.35 bits per heavy atom. The van der Waals surface area contributed by atoms with E-state index in [9.17, 15) is 0 Å². The summed E-state index contributed by atoms with van der Waals surface area (Å²) in [5, 5.41) is 0.485. The van der Waals surface area contributed by atoms with Crippen LogP contribution in [-0.4, -0.2) is 23.7 Å². The van der Waals surface area contributed by atoms with Gasteiger partial charge in [0.1, 0.15) is 17.8 Å². The molecule has 26 heavy (non-hydrogen) atoms. The number of benzene rings is 2. The number of ether oxygens (including phenoxy) is 1. The lowest BCUT2D eigenvalue weighted by molar-refractivity contribution is 0.414. The van der Waals surface area contributed by atoms with Crippen LogP contribution in [0.5, 0.6) is 5.75 Å². The van der Waals surface area contributed by atoms with E-state index in [1.165, 1.54) is 17.5 Å². The van der Waals surface area contributed by atoms with E-state index in [1.807, 2.05) is 30.3 Å². The molecule has 5 nitrogen and oxygen atoms in total. The lowest BCUT2D eigenvalue weighted by atomic mass is 10.2. The molecule has 6 heteroatoms. The van der Waals surface area contributed by atoms with Gasteiger partial charge in [-0.15, -0.1) is 0 Å². The third-order valence-corrected chi connectivity index (χ3v) is 4.74. The van der Waals surface area contributed by atoms with Crippen molar-refractivity contribution in [3.8, 4) is 5.75 Å². The van der Waals surface area contributed by atoms with Gasteiger partial charge < -0.3 is 14.5 Å². The molecule has 0 aliphatic carbocycles. The second kappa shape index (κ2) is 7.22. The lowest BCUT2D eigenvalue weighted by Gasteiger charge is -2.21. The van der Waals surface area contributed by atoms with Crippen LogP contribution >= 0.6 is 11.6 Å². The molecule has 1 aliphatic heterocycles. The summed E-state index contributed by atoms with van der Waals surface area (Å²) < 4.78 is 5.24.